The number of fused-ring (bicyclic) bond motifs is 2. The van der Waals surface area contributed by atoms with Gasteiger partial charge in [0.05, 0.1) is 18.2 Å². The third-order valence-corrected chi connectivity index (χ3v) is 9.84. The molecule has 40 heavy (non-hydrogen) atoms. The molecule has 12 heteroatoms. The standard InChI is InChI=1S/C28H33N3O7S2/c1-18-13-31(19(2)16-32)28(33)22-12-21(29-40(34,35)27-5-4-10-39-27)7-9-23(22)38-26(18)15-30(3)14-20-6-8-24-25(11-20)37-17-36-24/h4-12,18-19,26,29,32H,13-17H2,1-3H3/t18-,19-,26+/m1/s1. The van der Waals surface area contributed by atoms with Gasteiger partial charge in [-0.3, -0.25) is 14.4 Å². The first-order chi connectivity index (χ1) is 19.1. The summed E-state index contributed by atoms with van der Waals surface area (Å²) in [7, 11) is -1.79. The number of aliphatic hydroxyl groups is 1. The minimum atomic E-state index is -3.79. The summed E-state index contributed by atoms with van der Waals surface area (Å²) in [5, 5.41) is 11.6. The highest BCUT2D eigenvalue weighted by Gasteiger charge is 2.34. The lowest BCUT2D eigenvalue weighted by Gasteiger charge is -2.38. The van der Waals surface area contributed by atoms with Gasteiger partial charge in [0.15, 0.2) is 11.5 Å². The number of rotatable bonds is 9. The van der Waals surface area contributed by atoms with E-state index in [0.29, 0.717) is 25.4 Å². The number of hydrogen-bond donors (Lipinski definition) is 2. The molecule has 2 aliphatic heterocycles. The lowest BCUT2D eigenvalue weighted by Crippen LogP contribution is -2.49. The number of aliphatic hydroxyl groups excluding tert-OH is 1. The first-order valence-corrected chi connectivity index (χ1v) is 15.4. The Bertz CT molecular complexity index is 1460. The van der Waals surface area contributed by atoms with Crippen LogP contribution < -0.4 is 18.9 Å². The number of carbonyl (C=O) groups excluding carboxylic acids is 1. The number of anilines is 1. The van der Waals surface area contributed by atoms with Gasteiger partial charge in [-0.25, -0.2) is 8.42 Å². The second kappa shape index (κ2) is 11.7. The predicted octanol–water partition coefficient (Wildman–Crippen LogP) is 3.63. The Kier molecular flexibility index (Phi) is 8.22. The van der Waals surface area contributed by atoms with E-state index in [2.05, 4.69) is 9.62 Å². The molecular formula is C28H33N3O7S2. The molecule has 2 aromatic carbocycles. The van der Waals surface area contributed by atoms with Crippen LogP contribution in [0, 0.1) is 5.92 Å². The van der Waals surface area contributed by atoms with Crippen LogP contribution in [0.1, 0.15) is 29.8 Å². The van der Waals surface area contributed by atoms with Gasteiger partial charge in [0.25, 0.3) is 15.9 Å². The molecule has 0 radical (unpaired) electrons. The van der Waals surface area contributed by atoms with Gasteiger partial charge in [0.1, 0.15) is 16.1 Å². The van der Waals surface area contributed by atoms with Gasteiger partial charge in [0.2, 0.25) is 6.79 Å². The van der Waals surface area contributed by atoms with E-state index in [1.165, 1.54) is 12.1 Å². The second-order valence-electron chi connectivity index (χ2n) is 10.3. The van der Waals surface area contributed by atoms with E-state index in [-0.39, 0.29) is 46.8 Å². The van der Waals surface area contributed by atoms with E-state index in [1.807, 2.05) is 32.2 Å². The van der Waals surface area contributed by atoms with Crippen molar-refractivity contribution in [3.63, 3.8) is 0 Å². The summed E-state index contributed by atoms with van der Waals surface area (Å²) in [4.78, 5) is 17.4. The normalized spacial score (nSPS) is 19.5. The fourth-order valence-electron chi connectivity index (χ4n) is 4.85. The molecule has 0 bridgehead atoms. The van der Waals surface area contributed by atoms with Crippen LogP contribution >= 0.6 is 11.3 Å². The Morgan fingerprint density at radius 3 is 2.67 bits per heavy atom. The number of carbonyl (C=O) groups is 1. The summed E-state index contributed by atoms with van der Waals surface area (Å²) in [6, 6.07) is 13.4. The minimum absolute atomic E-state index is 0.0534. The molecular weight excluding hydrogens is 554 g/mol. The fourth-order valence-corrected chi connectivity index (χ4v) is 6.89. The van der Waals surface area contributed by atoms with Gasteiger partial charge in [0, 0.05) is 31.2 Å². The number of thiophene rings is 1. The van der Waals surface area contributed by atoms with Crippen molar-refractivity contribution < 1.29 is 32.5 Å². The van der Waals surface area contributed by atoms with Gasteiger partial charge in [-0.05, 0) is 61.3 Å². The maximum Gasteiger partial charge on any atom is 0.271 e. The highest BCUT2D eigenvalue weighted by Crippen LogP contribution is 2.34. The molecule has 0 fully saturated rings. The number of sulfonamides is 1. The zero-order chi connectivity index (χ0) is 28.4. The summed E-state index contributed by atoms with van der Waals surface area (Å²) < 4.78 is 45.7. The van der Waals surface area contributed by atoms with E-state index in [9.17, 15) is 18.3 Å². The lowest BCUT2D eigenvalue weighted by atomic mass is 9.99. The quantitative estimate of drug-likeness (QED) is 0.390. The first kappa shape index (κ1) is 28.2. The van der Waals surface area contributed by atoms with Crippen molar-refractivity contribution in [3.8, 4) is 17.2 Å². The Hall–Kier alpha value is -3.32. The Morgan fingerprint density at radius 1 is 1.15 bits per heavy atom. The smallest absolute Gasteiger partial charge is 0.271 e. The van der Waals surface area contributed by atoms with Crippen molar-refractivity contribution in [2.45, 2.75) is 36.7 Å². The average Bonchev–Trinajstić information content (AvgIpc) is 3.63. The predicted molar refractivity (Wildman–Crippen MR) is 152 cm³/mol. The largest absolute Gasteiger partial charge is 0.488 e. The third kappa shape index (κ3) is 6.04. The SMILES string of the molecule is C[C@@H]1CN([C@H](C)CO)C(=O)c2cc(NS(=O)(=O)c3cccs3)ccc2O[C@H]1CN(C)Cc1ccc2c(c1)OCO2. The van der Waals surface area contributed by atoms with Crippen LogP contribution in [-0.4, -0.2) is 74.9 Å². The van der Waals surface area contributed by atoms with E-state index in [4.69, 9.17) is 14.2 Å². The third-order valence-electron chi connectivity index (χ3n) is 7.06. The number of amides is 1. The number of benzene rings is 2. The van der Waals surface area contributed by atoms with Gasteiger partial charge >= 0.3 is 0 Å². The molecule has 0 unspecified atom stereocenters. The zero-order valence-electron chi connectivity index (χ0n) is 22.6. The molecule has 3 heterocycles. The van der Waals surface area contributed by atoms with Crippen molar-refractivity contribution in [3.05, 3.63) is 65.0 Å². The molecule has 0 saturated carbocycles. The highest BCUT2D eigenvalue weighted by atomic mass is 32.2. The van der Waals surface area contributed by atoms with Gasteiger partial charge < -0.3 is 24.2 Å². The van der Waals surface area contributed by atoms with Crippen LogP contribution in [0.25, 0.3) is 0 Å². The molecule has 214 valence electrons. The molecule has 2 aliphatic rings. The number of nitrogens with one attached hydrogen (secondary N) is 1. The van der Waals surface area contributed by atoms with Crippen LogP contribution in [0.15, 0.2) is 58.1 Å². The van der Waals surface area contributed by atoms with Gasteiger partial charge in [-0.2, -0.15) is 0 Å². The summed E-state index contributed by atoms with van der Waals surface area (Å²) in [6.45, 7) is 5.42. The van der Waals surface area contributed by atoms with E-state index in [1.54, 1.807) is 35.4 Å². The number of nitrogens with zero attached hydrogens (tertiary/aromatic N) is 2. The molecule has 0 spiro atoms. The lowest BCUT2D eigenvalue weighted by molar-refractivity contribution is 0.0341. The van der Waals surface area contributed by atoms with E-state index in [0.717, 1.165) is 28.4 Å². The van der Waals surface area contributed by atoms with Crippen LogP contribution in [0.4, 0.5) is 5.69 Å². The van der Waals surface area contributed by atoms with Crippen molar-refractivity contribution in [1.82, 2.24) is 9.80 Å². The highest BCUT2D eigenvalue weighted by molar-refractivity contribution is 7.94. The first-order valence-electron chi connectivity index (χ1n) is 13.0. The second-order valence-corrected chi connectivity index (χ2v) is 13.1. The molecule has 2 N–H and O–H groups in total. The number of hydrogen-bond acceptors (Lipinski definition) is 9. The minimum Gasteiger partial charge on any atom is -0.488 e. The number of ether oxygens (including phenoxy) is 3. The molecule has 0 saturated heterocycles. The average molecular weight is 588 g/mol. The molecule has 3 atom stereocenters. The van der Waals surface area contributed by atoms with Crippen molar-refractivity contribution >= 4 is 33.0 Å². The van der Waals surface area contributed by atoms with Crippen LogP contribution in [0.5, 0.6) is 17.2 Å². The molecule has 3 aromatic rings. The summed E-state index contributed by atoms with van der Waals surface area (Å²) >= 11 is 1.11. The van der Waals surface area contributed by atoms with E-state index < -0.39 is 16.1 Å². The summed E-state index contributed by atoms with van der Waals surface area (Å²) in [6.07, 6.45) is -0.284. The molecule has 1 amide bonds. The Morgan fingerprint density at radius 2 is 1.93 bits per heavy atom. The van der Waals surface area contributed by atoms with Crippen LogP contribution in [0.3, 0.4) is 0 Å². The number of likely N-dealkylation sites (N-methyl/N-ethyl adjacent to an activating group) is 1. The van der Waals surface area contributed by atoms with Gasteiger partial charge in [-0.15, -0.1) is 11.3 Å². The van der Waals surface area contributed by atoms with Crippen molar-refractivity contribution in [2.24, 2.45) is 5.92 Å². The van der Waals surface area contributed by atoms with Crippen LogP contribution in [-0.2, 0) is 16.6 Å². The van der Waals surface area contributed by atoms with Gasteiger partial charge in [-0.1, -0.05) is 19.1 Å². The fraction of sp³-hybridized carbons (Fsp3) is 0.393. The Balaban J connectivity index is 1.40. The molecule has 5 rings (SSSR count). The monoisotopic (exact) mass is 587 g/mol. The van der Waals surface area contributed by atoms with Crippen molar-refractivity contribution in [2.75, 3.05) is 38.3 Å². The molecule has 0 aliphatic carbocycles. The maximum absolute atomic E-state index is 13.7. The summed E-state index contributed by atoms with van der Waals surface area (Å²) in [5.74, 6) is 1.45. The molecule has 1 aromatic heterocycles. The molecule has 10 nitrogen and oxygen atoms in total. The van der Waals surface area contributed by atoms with Crippen LogP contribution in [0.2, 0.25) is 0 Å². The Labute approximate surface area is 238 Å². The van der Waals surface area contributed by atoms with Crippen molar-refractivity contribution in [1.29, 1.82) is 0 Å². The van der Waals surface area contributed by atoms with E-state index >= 15 is 0 Å². The topological polar surface area (TPSA) is 118 Å². The zero-order valence-corrected chi connectivity index (χ0v) is 24.2. The summed E-state index contributed by atoms with van der Waals surface area (Å²) in [5.41, 5.74) is 1.56. The maximum atomic E-state index is 13.7.